The lowest BCUT2D eigenvalue weighted by Crippen LogP contribution is -1.90. The van der Waals surface area contributed by atoms with Gasteiger partial charge in [-0.05, 0) is 30.2 Å². The summed E-state index contributed by atoms with van der Waals surface area (Å²) in [5, 5.41) is 0. The molecule has 0 nitrogen and oxygen atoms in total. The van der Waals surface area contributed by atoms with E-state index in [4.69, 9.17) is 11.6 Å². The third kappa shape index (κ3) is 2.46. The molecular formula is C8H7BrClF. The quantitative estimate of drug-likeness (QED) is 0.692. The Kier molecular flexibility index (Phi) is 3.34. The van der Waals surface area contributed by atoms with Gasteiger partial charge in [0.05, 0.1) is 0 Å². The Morgan fingerprint density at radius 1 is 1.45 bits per heavy atom. The predicted octanol–water partition coefficient (Wildman–Crippen LogP) is 3.37. The van der Waals surface area contributed by atoms with E-state index in [2.05, 4.69) is 15.9 Å². The van der Waals surface area contributed by atoms with Gasteiger partial charge < -0.3 is 0 Å². The van der Waals surface area contributed by atoms with Gasteiger partial charge in [-0.3, -0.25) is 0 Å². The first-order valence-electron chi connectivity index (χ1n) is 3.24. The lowest BCUT2D eigenvalue weighted by Gasteiger charge is -1.99. The van der Waals surface area contributed by atoms with Crippen molar-refractivity contribution in [3.8, 4) is 0 Å². The highest BCUT2D eigenvalue weighted by Crippen LogP contribution is 2.16. The summed E-state index contributed by atoms with van der Waals surface area (Å²) >= 11 is 8.73. The van der Waals surface area contributed by atoms with Crippen molar-refractivity contribution in [3.05, 3.63) is 34.1 Å². The average molecular weight is 237 g/mol. The highest BCUT2D eigenvalue weighted by atomic mass is 79.9. The third-order valence-corrected chi connectivity index (χ3v) is 2.05. The van der Waals surface area contributed by atoms with Crippen LogP contribution in [0.4, 0.5) is 4.39 Å². The third-order valence-electron chi connectivity index (χ3n) is 1.37. The highest BCUT2D eigenvalue weighted by molar-refractivity contribution is 9.10. The zero-order valence-corrected chi connectivity index (χ0v) is 8.12. The van der Waals surface area contributed by atoms with Crippen LogP contribution in [0.1, 0.15) is 5.56 Å². The molecule has 0 fully saturated rings. The Hall–Kier alpha value is -0.0800. The maximum Gasteiger partial charge on any atom is 0.126 e. The molecule has 0 radical (unpaired) electrons. The molecule has 0 atom stereocenters. The lowest BCUT2D eigenvalue weighted by molar-refractivity contribution is 0.612. The van der Waals surface area contributed by atoms with Crippen LogP contribution in [0.25, 0.3) is 0 Å². The van der Waals surface area contributed by atoms with Gasteiger partial charge in [-0.1, -0.05) is 15.9 Å². The number of hydrogen-bond acceptors (Lipinski definition) is 0. The van der Waals surface area contributed by atoms with E-state index in [1.807, 2.05) is 0 Å². The van der Waals surface area contributed by atoms with Crippen molar-refractivity contribution in [1.82, 2.24) is 0 Å². The van der Waals surface area contributed by atoms with Crippen LogP contribution < -0.4 is 0 Å². The molecule has 1 aromatic carbocycles. The van der Waals surface area contributed by atoms with Crippen molar-refractivity contribution in [2.45, 2.75) is 6.42 Å². The second-order valence-corrected chi connectivity index (χ2v) is 3.47. The number of rotatable bonds is 2. The summed E-state index contributed by atoms with van der Waals surface area (Å²) in [6, 6.07) is 4.86. The summed E-state index contributed by atoms with van der Waals surface area (Å²) < 4.78 is 13.8. The number of hydrogen-bond donors (Lipinski definition) is 0. The Bertz CT molecular complexity index is 250. The van der Waals surface area contributed by atoms with E-state index in [1.165, 1.54) is 6.07 Å². The topological polar surface area (TPSA) is 0 Å². The van der Waals surface area contributed by atoms with Gasteiger partial charge in [0.1, 0.15) is 5.82 Å². The van der Waals surface area contributed by atoms with E-state index >= 15 is 0 Å². The van der Waals surface area contributed by atoms with Crippen LogP contribution in [-0.4, -0.2) is 5.88 Å². The molecule has 0 aliphatic carbocycles. The SMILES string of the molecule is Fc1ccc(Br)cc1CCCl. The summed E-state index contributed by atoms with van der Waals surface area (Å²) in [7, 11) is 0. The molecule has 0 unspecified atom stereocenters. The number of benzene rings is 1. The van der Waals surface area contributed by atoms with E-state index in [-0.39, 0.29) is 5.82 Å². The molecule has 0 bridgehead atoms. The van der Waals surface area contributed by atoms with Gasteiger partial charge in [0, 0.05) is 10.4 Å². The minimum absolute atomic E-state index is 0.186. The van der Waals surface area contributed by atoms with Gasteiger partial charge in [0.25, 0.3) is 0 Å². The van der Waals surface area contributed by atoms with Crippen LogP contribution in [0.5, 0.6) is 0 Å². The fourth-order valence-corrected chi connectivity index (χ4v) is 1.45. The van der Waals surface area contributed by atoms with Crippen LogP contribution in [0.15, 0.2) is 22.7 Å². The monoisotopic (exact) mass is 236 g/mol. The lowest BCUT2D eigenvalue weighted by atomic mass is 10.2. The molecule has 60 valence electrons. The zero-order chi connectivity index (χ0) is 8.27. The van der Waals surface area contributed by atoms with E-state index in [9.17, 15) is 4.39 Å². The second-order valence-electron chi connectivity index (χ2n) is 2.17. The van der Waals surface area contributed by atoms with Crippen LogP contribution >= 0.6 is 27.5 Å². The number of alkyl halides is 1. The van der Waals surface area contributed by atoms with Gasteiger partial charge in [0.2, 0.25) is 0 Å². The van der Waals surface area contributed by atoms with E-state index in [0.29, 0.717) is 17.9 Å². The second kappa shape index (κ2) is 4.07. The first kappa shape index (κ1) is 9.01. The summed E-state index contributed by atoms with van der Waals surface area (Å²) in [4.78, 5) is 0. The van der Waals surface area contributed by atoms with Crippen LogP contribution in [0.3, 0.4) is 0 Å². The summed E-state index contributed by atoms with van der Waals surface area (Å²) in [6.07, 6.45) is 0.576. The maximum absolute atomic E-state index is 12.9. The molecule has 0 heterocycles. The molecule has 0 aromatic heterocycles. The first-order chi connectivity index (χ1) is 5.24. The van der Waals surface area contributed by atoms with Gasteiger partial charge in [-0.25, -0.2) is 4.39 Å². The van der Waals surface area contributed by atoms with Gasteiger partial charge in [-0.2, -0.15) is 0 Å². The molecule has 1 rings (SSSR count). The number of halogens is 3. The smallest absolute Gasteiger partial charge is 0.126 e. The standard InChI is InChI=1S/C8H7BrClF/c9-7-1-2-8(11)6(5-7)3-4-10/h1-2,5H,3-4H2. The minimum atomic E-state index is -0.186. The molecule has 0 N–H and O–H groups in total. The Morgan fingerprint density at radius 3 is 2.82 bits per heavy atom. The van der Waals surface area contributed by atoms with Crippen molar-refractivity contribution in [2.75, 3.05) is 5.88 Å². The van der Waals surface area contributed by atoms with Crippen molar-refractivity contribution in [1.29, 1.82) is 0 Å². The average Bonchev–Trinajstić information content (AvgIpc) is 1.98. The Labute approximate surface area is 78.5 Å². The predicted molar refractivity (Wildman–Crippen MR) is 48.5 cm³/mol. The van der Waals surface area contributed by atoms with Crippen molar-refractivity contribution < 1.29 is 4.39 Å². The fraction of sp³-hybridized carbons (Fsp3) is 0.250. The van der Waals surface area contributed by atoms with Crippen molar-refractivity contribution in [3.63, 3.8) is 0 Å². The van der Waals surface area contributed by atoms with E-state index in [0.717, 1.165) is 4.47 Å². The van der Waals surface area contributed by atoms with Gasteiger partial charge >= 0.3 is 0 Å². The maximum atomic E-state index is 12.9. The summed E-state index contributed by atoms with van der Waals surface area (Å²) in [5.41, 5.74) is 0.661. The van der Waals surface area contributed by atoms with Gasteiger partial charge in [-0.15, -0.1) is 11.6 Å². The molecule has 0 spiro atoms. The molecule has 0 aliphatic heterocycles. The largest absolute Gasteiger partial charge is 0.207 e. The molecule has 3 heteroatoms. The first-order valence-corrected chi connectivity index (χ1v) is 4.56. The van der Waals surface area contributed by atoms with Crippen LogP contribution in [0, 0.1) is 5.82 Å². The summed E-state index contributed by atoms with van der Waals surface area (Å²) in [5.74, 6) is 0.266. The molecule has 1 aromatic rings. The van der Waals surface area contributed by atoms with Crippen LogP contribution in [-0.2, 0) is 6.42 Å². The molecule has 0 aliphatic rings. The molecular weight excluding hydrogens is 230 g/mol. The van der Waals surface area contributed by atoms with E-state index in [1.54, 1.807) is 12.1 Å². The molecule has 0 amide bonds. The normalized spacial score (nSPS) is 10.1. The molecule has 11 heavy (non-hydrogen) atoms. The fourth-order valence-electron chi connectivity index (χ4n) is 0.837. The Balaban J connectivity index is 2.93. The van der Waals surface area contributed by atoms with Crippen molar-refractivity contribution in [2.24, 2.45) is 0 Å². The molecule has 0 saturated heterocycles. The highest BCUT2D eigenvalue weighted by Gasteiger charge is 2.00. The number of aryl methyl sites for hydroxylation is 1. The van der Waals surface area contributed by atoms with Crippen LogP contribution in [0.2, 0.25) is 0 Å². The molecule has 0 saturated carbocycles. The summed E-state index contributed by atoms with van der Waals surface area (Å²) in [6.45, 7) is 0. The van der Waals surface area contributed by atoms with E-state index < -0.39 is 0 Å². The minimum Gasteiger partial charge on any atom is -0.207 e. The van der Waals surface area contributed by atoms with Gasteiger partial charge in [0.15, 0.2) is 0 Å². The zero-order valence-electron chi connectivity index (χ0n) is 5.78. The van der Waals surface area contributed by atoms with Crippen molar-refractivity contribution >= 4 is 27.5 Å². The Morgan fingerprint density at radius 2 is 2.18 bits per heavy atom.